The zero-order valence-corrected chi connectivity index (χ0v) is 11.8. The first-order valence-electron chi connectivity index (χ1n) is 6.11. The third-order valence-electron chi connectivity index (χ3n) is 2.96. The van der Waals surface area contributed by atoms with E-state index in [2.05, 4.69) is 18.7 Å². The Bertz CT molecular complexity index is 389. The van der Waals surface area contributed by atoms with Crippen LogP contribution in [0, 0.1) is 5.92 Å². The summed E-state index contributed by atoms with van der Waals surface area (Å²) in [7, 11) is 0. The van der Waals surface area contributed by atoms with Crippen LogP contribution >= 0.6 is 11.6 Å². The number of aliphatic carboxylic acids is 1. The molecule has 1 atom stereocenters. The molecule has 100 valence electrons. The standard InChI is InChI=1S/C14H20ClNO2/c1-10(2)16(8-11(3)14(17)18)9-12-4-6-13(15)7-5-12/h4-7,10-11H,8-9H2,1-3H3,(H,17,18). The lowest BCUT2D eigenvalue weighted by Crippen LogP contribution is -2.36. The lowest BCUT2D eigenvalue weighted by atomic mass is 10.1. The zero-order chi connectivity index (χ0) is 13.7. The molecule has 0 amide bonds. The van der Waals surface area contributed by atoms with Gasteiger partial charge in [-0.2, -0.15) is 0 Å². The van der Waals surface area contributed by atoms with Gasteiger partial charge in [-0.25, -0.2) is 0 Å². The first-order valence-corrected chi connectivity index (χ1v) is 6.49. The lowest BCUT2D eigenvalue weighted by Gasteiger charge is -2.28. The molecular weight excluding hydrogens is 250 g/mol. The van der Waals surface area contributed by atoms with E-state index in [1.165, 1.54) is 0 Å². The van der Waals surface area contributed by atoms with Gasteiger partial charge in [-0.15, -0.1) is 0 Å². The molecule has 0 saturated carbocycles. The molecule has 0 fully saturated rings. The largest absolute Gasteiger partial charge is 0.481 e. The number of benzene rings is 1. The predicted molar refractivity (Wildman–Crippen MR) is 73.8 cm³/mol. The summed E-state index contributed by atoms with van der Waals surface area (Å²) >= 11 is 5.85. The van der Waals surface area contributed by atoms with Gasteiger partial charge in [-0.3, -0.25) is 9.69 Å². The average molecular weight is 270 g/mol. The van der Waals surface area contributed by atoms with Crippen LogP contribution in [0.15, 0.2) is 24.3 Å². The Morgan fingerprint density at radius 2 is 1.83 bits per heavy atom. The molecule has 0 spiro atoms. The summed E-state index contributed by atoms with van der Waals surface area (Å²) in [6.07, 6.45) is 0. The van der Waals surface area contributed by atoms with Crippen molar-refractivity contribution < 1.29 is 9.90 Å². The van der Waals surface area contributed by atoms with Crippen LogP contribution in [0.2, 0.25) is 5.02 Å². The molecule has 0 bridgehead atoms. The Morgan fingerprint density at radius 1 is 1.28 bits per heavy atom. The maximum atomic E-state index is 10.9. The van der Waals surface area contributed by atoms with Gasteiger partial charge in [0.1, 0.15) is 0 Å². The molecule has 1 unspecified atom stereocenters. The van der Waals surface area contributed by atoms with Crippen LogP contribution in [-0.2, 0) is 11.3 Å². The molecule has 0 aliphatic heterocycles. The fourth-order valence-corrected chi connectivity index (χ4v) is 1.84. The summed E-state index contributed by atoms with van der Waals surface area (Å²) < 4.78 is 0. The Morgan fingerprint density at radius 3 is 2.28 bits per heavy atom. The van der Waals surface area contributed by atoms with Crippen LogP contribution < -0.4 is 0 Å². The topological polar surface area (TPSA) is 40.5 Å². The first-order chi connectivity index (χ1) is 8.40. The minimum absolute atomic E-state index is 0.308. The highest BCUT2D eigenvalue weighted by molar-refractivity contribution is 6.30. The van der Waals surface area contributed by atoms with E-state index in [1.807, 2.05) is 24.3 Å². The van der Waals surface area contributed by atoms with E-state index >= 15 is 0 Å². The number of hydrogen-bond donors (Lipinski definition) is 1. The van der Waals surface area contributed by atoms with Crippen molar-refractivity contribution in [2.45, 2.75) is 33.4 Å². The van der Waals surface area contributed by atoms with E-state index in [1.54, 1.807) is 6.92 Å². The SMILES string of the molecule is CC(CN(Cc1ccc(Cl)cc1)C(C)C)C(=O)O. The lowest BCUT2D eigenvalue weighted by molar-refractivity contribution is -0.141. The number of carbonyl (C=O) groups is 1. The van der Waals surface area contributed by atoms with Crippen LogP contribution in [0.1, 0.15) is 26.3 Å². The average Bonchev–Trinajstić information content (AvgIpc) is 2.30. The van der Waals surface area contributed by atoms with Gasteiger partial charge in [-0.1, -0.05) is 30.7 Å². The Hall–Kier alpha value is -1.06. The van der Waals surface area contributed by atoms with E-state index in [-0.39, 0.29) is 5.92 Å². The summed E-state index contributed by atoms with van der Waals surface area (Å²) in [4.78, 5) is 13.1. The number of carboxylic acid groups (broad SMARTS) is 1. The molecule has 3 nitrogen and oxygen atoms in total. The van der Waals surface area contributed by atoms with Crippen LogP contribution in [0.25, 0.3) is 0 Å². The highest BCUT2D eigenvalue weighted by atomic mass is 35.5. The van der Waals surface area contributed by atoms with E-state index in [4.69, 9.17) is 16.7 Å². The van der Waals surface area contributed by atoms with Crippen molar-refractivity contribution in [3.63, 3.8) is 0 Å². The Kier molecular flexibility index (Phi) is 5.63. The molecule has 4 heteroatoms. The molecule has 0 saturated heterocycles. The maximum Gasteiger partial charge on any atom is 0.307 e. The van der Waals surface area contributed by atoms with E-state index in [0.29, 0.717) is 17.6 Å². The maximum absolute atomic E-state index is 10.9. The highest BCUT2D eigenvalue weighted by Crippen LogP contribution is 2.14. The molecule has 0 aromatic heterocycles. The molecule has 0 heterocycles. The summed E-state index contributed by atoms with van der Waals surface area (Å²) in [6.45, 7) is 7.18. The fourth-order valence-electron chi connectivity index (χ4n) is 1.71. The molecule has 18 heavy (non-hydrogen) atoms. The molecule has 1 N–H and O–H groups in total. The number of hydrogen-bond acceptors (Lipinski definition) is 2. The van der Waals surface area contributed by atoms with E-state index in [9.17, 15) is 4.79 Å². The summed E-state index contributed by atoms with van der Waals surface area (Å²) in [5.74, 6) is -1.11. The second-order valence-corrected chi connectivity index (χ2v) is 5.33. The Labute approximate surface area is 113 Å². The van der Waals surface area contributed by atoms with E-state index in [0.717, 1.165) is 12.1 Å². The zero-order valence-electron chi connectivity index (χ0n) is 11.1. The van der Waals surface area contributed by atoms with Crippen molar-refractivity contribution in [1.29, 1.82) is 0 Å². The van der Waals surface area contributed by atoms with Crippen molar-refractivity contribution in [1.82, 2.24) is 4.90 Å². The van der Waals surface area contributed by atoms with Gasteiger partial charge in [0.05, 0.1) is 5.92 Å². The summed E-state index contributed by atoms with van der Waals surface area (Å²) in [5, 5.41) is 9.69. The molecule has 1 rings (SSSR count). The van der Waals surface area contributed by atoms with Crippen LogP contribution in [-0.4, -0.2) is 28.6 Å². The number of halogens is 1. The van der Waals surface area contributed by atoms with Crippen molar-refractivity contribution in [2.75, 3.05) is 6.54 Å². The van der Waals surface area contributed by atoms with Crippen LogP contribution in [0.3, 0.4) is 0 Å². The van der Waals surface area contributed by atoms with Crippen molar-refractivity contribution >= 4 is 17.6 Å². The minimum atomic E-state index is -0.753. The van der Waals surface area contributed by atoms with Crippen molar-refractivity contribution in [2.24, 2.45) is 5.92 Å². The third kappa shape index (κ3) is 4.67. The van der Waals surface area contributed by atoms with Crippen molar-refractivity contribution in [3.8, 4) is 0 Å². The third-order valence-corrected chi connectivity index (χ3v) is 3.21. The van der Waals surface area contributed by atoms with Crippen LogP contribution in [0.5, 0.6) is 0 Å². The second kappa shape index (κ2) is 6.76. The minimum Gasteiger partial charge on any atom is -0.481 e. The number of carboxylic acids is 1. The van der Waals surface area contributed by atoms with Gasteiger partial charge in [0.25, 0.3) is 0 Å². The van der Waals surface area contributed by atoms with Gasteiger partial charge < -0.3 is 5.11 Å². The van der Waals surface area contributed by atoms with Gasteiger partial charge in [0.15, 0.2) is 0 Å². The summed E-state index contributed by atoms with van der Waals surface area (Å²) in [6, 6.07) is 7.97. The van der Waals surface area contributed by atoms with Gasteiger partial charge in [0.2, 0.25) is 0 Å². The fraction of sp³-hybridized carbons (Fsp3) is 0.500. The molecule has 1 aromatic carbocycles. The van der Waals surface area contributed by atoms with Crippen LogP contribution in [0.4, 0.5) is 0 Å². The molecule has 1 aromatic rings. The van der Waals surface area contributed by atoms with E-state index < -0.39 is 5.97 Å². The van der Waals surface area contributed by atoms with Crippen molar-refractivity contribution in [3.05, 3.63) is 34.9 Å². The highest BCUT2D eigenvalue weighted by Gasteiger charge is 2.18. The smallest absolute Gasteiger partial charge is 0.307 e. The normalized spacial score (nSPS) is 13.0. The number of rotatable bonds is 6. The monoisotopic (exact) mass is 269 g/mol. The first kappa shape index (κ1) is 15.0. The molecule has 0 aliphatic carbocycles. The quantitative estimate of drug-likeness (QED) is 0.862. The molecule has 0 aliphatic rings. The molecular formula is C14H20ClNO2. The molecule has 0 radical (unpaired) electrons. The second-order valence-electron chi connectivity index (χ2n) is 4.89. The number of nitrogens with zero attached hydrogens (tertiary/aromatic N) is 1. The van der Waals surface area contributed by atoms with Gasteiger partial charge in [-0.05, 0) is 31.5 Å². The van der Waals surface area contributed by atoms with Gasteiger partial charge in [0, 0.05) is 24.2 Å². The van der Waals surface area contributed by atoms with Gasteiger partial charge >= 0.3 is 5.97 Å². The predicted octanol–water partition coefficient (Wildman–Crippen LogP) is 3.27. The summed E-state index contributed by atoms with van der Waals surface area (Å²) in [5.41, 5.74) is 1.14. The Balaban J connectivity index is 2.68.